The van der Waals surface area contributed by atoms with E-state index in [0.717, 1.165) is 0 Å². The lowest BCUT2D eigenvalue weighted by Crippen LogP contribution is -2.07. The average molecular weight is 257 g/mol. The molecule has 0 saturated heterocycles. The minimum absolute atomic E-state index is 0.107. The Balaban J connectivity index is 2.22. The van der Waals surface area contributed by atoms with E-state index in [1.54, 1.807) is 24.3 Å². The molecule has 0 fully saturated rings. The molecule has 0 aliphatic rings. The van der Waals surface area contributed by atoms with Crippen LogP contribution in [0.15, 0.2) is 41.0 Å². The molecule has 2 aromatic rings. The van der Waals surface area contributed by atoms with Gasteiger partial charge in [-0.25, -0.2) is 4.79 Å². The fraction of sp³-hybridized carbons (Fsp3) is 0. The van der Waals surface area contributed by atoms with Crippen LogP contribution >= 0.6 is 23.2 Å². The van der Waals surface area contributed by atoms with E-state index in [4.69, 9.17) is 32.4 Å². The highest BCUT2D eigenvalue weighted by molar-refractivity contribution is 6.43. The molecule has 2 rings (SSSR count). The molecule has 0 unspecified atom stereocenters. The Morgan fingerprint density at radius 2 is 2.00 bits per heavy atom. The summed E-state index contributed by atoms with van der Waals surface area (Å²) in [4.78, 5) is 11.5. The summed E-state index contributed by atoms with van der Waals surface area (Å²) in [5.41, 5.74) is 0. The van der Waals surface area contributed by atoms with Crippen molar-refractivity contribution in [1.82, 2.24) is 0 Å². The van der Waals surface area contributed by atoms with E-state index < -0.39 is 5.97 Å². The Labute approximate surface area is 102 Å². The summed E-state index contributed by atoms with van der Waals surface area (Å²) in [7, 11) is 0. The van der Waals surface area contributed by atoms with Crippen molar-refractivity contribution < 1.29 is 13.9 Å². The quantitative estimate of drug-likeness (QED) is 0.606. The topological polar surface area (TPSA) is 39.4 Å². The number of hydrogen-bond acceptors (Lipinski definition) is 3. The summed E-state index contributed by atoms with van der Waals surface area (Å²) in [6.07, 6.45) is 1.39. The van der Waals surface area contributed by atoms with Gasteiger partial charge < -0.3 is 9.15 Å². The summed E-state index contributed by atoms with van der Waals surface area (Å²) in [6.45, 7) is 0. The van der Waals surface area contributed by atoms with E-state index >= 15 is 0 Å². The first-order valence-electron chi connectivity index (χ1n) is 4.38. The molecular weight excluding hydrogens is 251 g/mol. The van der Waals surface area contributed by atoms with Gasteiger partial charge in [0.1, 0.15) is 5.02 Å². The van der Waals surface area contributed by atoms with Crippen LogP contribution in [0.4, 0.5) is 0 Å². The maximum Gasteiger partial charge on any atom is 0.379 e. The zero-order chi connectivity index (χ0) is 11.5. The molecule has 0 aliphatic heterocycles. The first kappa shape index (κ1) is 11.0. The van der Waals surface area contributed by atoms with Crippen LogP contribution in [0.5, 0.6) is 5.75 Å². The number of esters is 1. The predicted octanol–water partition coefficient (Wildman–Crippen LogP) is 3.81. The third kappa shape index (κ3) is 2.21. The van der Waals surface area contributed by atoms with Gasteiger partial charge in [0.25, 0.3) is 0 Å². The van der Waals surface area contributed by atoms with Crippen LogP contribution < -0.4 is 4.74 Å². The summed E-state index contributed by atoms with van der Waals surface area (Å²) in [6, 6.07) is 7.89. The summed E-state index contributed by atoms with van der Waals surface area (Å²) in [5.74, 6) is -0.305. The van der Waals surface area contributed by atoms with Gasteiger partial charge in [-0.3, -0.25) is 0 Å². The number of furan rings is 1. The second kappa shape index (κ2) is 4.60. The van der Waals surface area contributed by atoms with Crippen LogP contribution in [0.1, 0.15) is 10.6 Å². The monoisotopic (exact) mass is 256 g/mol. The standard InChI is InChI=1S/C11H6Cl2O3/c12-7-3-1-4-8(10(7)13)16-11(14)9-5-2-6-15-9/h1-6H. The van der Waals surface area contributed by atoms with Crippen molar-refractivity contribution >= 4 is 29.2 Å². The van der Waals surface area contributed by atoms with Gasteiger partial charge in [-0.1, -0.05) is 29.3 Å². The molecule has 82 valence electrons. The molecule has 3 nitrogen and oxygen atoms in total. The lowest BCUT2D eigenvalue weighted by atomic mass is 10.3. The van der Waals surface area contributed by atoms with Crippen molar-refractivity contribution in [2.24, 2.45) is 0 Å². The molecule has 0 atom stereocenters. The molecule has 16 heavy (non-hydrogen) atoms. The number of rotatable bonds is 2. The summed E-state index contributed by atoms with van der Waals surface area (Å²) < 4.78 is 9.91. The fourth-order valence-corrected chi connectivity index (χ4v) is 1.44. The Morgan fingerprint density at radius 1 is 1.19 bits per heavy atom. The Bertz CT molecular complexity index is 506. The molecule has 1 aromatic heterocycles. The maximum absolute atomic E-state index is 11.5. The van der Waals surface area contributed by atoms with Gasteiger partial charge in [0.05, 0.1) is 11.3 Å². The second-order valence-corrected chi connectivity index (χ2v) is 3.70. The molecule has 0 saturated carbocycles. The van der Waals surface area contributed by atoms with E-state index in [1.807, 2.05) is 0 Å². The van der Waals surface area contributed by atoms with Crippen LogP contribution in [0.25, 0.3) is 0 Å². The Hall–Kier alpha value is -1.45. The molecule has 5 heteroatoms. The van der Waals surface area contributed by atoms with Gasteiger partial charge >= 0.3 is 5.97 Å². The van der Waals surface area contributed by atoms with Crippen molar-refractivity contribution in [3.63, 3.8) is 0 Å². The maximum atomic E-state index is 11.5. The third-order valence-electron chi connectivity index (χ3n) is 1.84. The minimum Gasteiger partial charge on any atom is -0.457 e. The Morgan fingerprint density at radius 3 is 2.69 bits per heavy atom. The number of benzene rings is 1. The molecule has 1 aromatic carbocycles. The highest BCUT2D eigenvalue weighted by atomic mass is 35.5. The van der Waals surface area contributed by atoms with E-state index in [1.165, 1.54) is 12.3 Å². The highest BCUT2D eigenvalue weighted by Gasteiger charge is 2.14. The largest absolute Gasteiger partial charge is 0.457 e. The molecule has 0 N–H and O–H groups in total. The molecule has 0 bridgehead atoms. The predicted molar refractivity (Wildman–Crippen MR) is 60.1 cm³/mol. The SMILES string of the molecule is O=C(Oc1cccc(Cl)c1Cl)c1ccco1. The van der Waals surface area contributed by atoms with Crippen molar-refractivity contribution in [2.75, 3.05) is 0 Å². The van der Waals surface area contributed by atoms with Crippen LogP contribution in [0.2, 0.25) is 10.0 Å². The second-order valence-electron chi connectivity index (χ2n) is 2.92. The van der Waals surface area contributed by atoms with E-state index in [0.29, 0.717) is 5.02 Å². The molecule has 0 spiro atoms. The van der Waals surface area contributed by atoms with Crippen molar-refractivity contribution in [1.29, 1.82) is 0 Å². The zero-order valence-corrected chi connectivity index (χ0v) is 9.46. The van der Waals surface area contributed by atoms with Crippen LogP contribution in [0, 0.1) is 0 Å². The van der Waals surface area contributed by atoms with Gasteiger partial charge in [0, 0.05) is 0 Å². The van der Waals surface area contributed by atoms with E-state index in [-0.39, 0.29) is 16.5 Å². The summed E-state index contributed by atoms with van der Waals surface area (Å²) in [5, 5.41) is 0.524. The van der Waals surface area contributed by atoms with Crippen LogP contribution in [0.3, 0.4) is 0 Å². The Kier molecular flexibility index (Phi) is 3.17. The van der Waals surface area contributed by atoms with E-state index in [9.17, 15) is 4.79 Å². The third-order valence-corrected chi connectivity index (χ3v) is 2.64. The van der Waals surface area contributed by atoms with Gasteiger partial charge in [-0.15, -0.1) is 0 Å². The number of ether oxygens (including phenoxy) is 1. The molecule has 0 aliphatic carbocycles. The first-order chi connectivity index (χ1) is 7.68. The first-order valence-corrected chi connectivity index (χ1v) is 5.14. The van der Waals surface area contributed by atoms with Gasteiger partial charge in [-0.2, -0.15) is 0 Å². The lowest BCUT2D eigenvalue weighted by molar-refractivity contribution is 0.0701. The fourth-order valence-electron chi connectivity index (χ4n) is 1.11. The van der Waals surface area contributed by atoms with Gasteiger partial charge in [0.2, 0.25) is 5.76 Å². The zero-order valence-electron chi connectivity index (χ0n) is 7.94. The molecule has 0 radical (unpaired) electrons. The van der Waals surface area contributed by atoms with Crippen molar-refractivity contribution in [3.05, 3.63) is 52.4 Å². The van der Waals surface area contributed by atoms with Crippen LogP contribution in [-0.4, -0.2) is 5.97 Å². The number of hydrogen-bond donors (Lipinski definition) is 0. The summed E-state index contributed by atoms with van der Waals surface area (Å²) >= 11 is 11.6. The normalized spacial score (nSPS) is 10.1. The molecular formula is C11H6Cl2O3. The highest BCUT2D eigenvalue weighted by Crippen LogP contribution is 2.31. The molecule has 0 amide bonds. The van der Waals surface area contributed by atoms with Gasteiger partial charge in [0.15, 0.2) is 5.75 Å². The van der Waals surface area contributed by atoms with Crippen molar-refractivity contribution in [2.45, 2.75) is 0 Å². The lowest BCUT2D eigenvalue weighted by Gasteiger charge is -2.05. The number of halogens is 2. The minimum atomic E-state index is -0.617. The smallest absolute Gasteiger partial charge is 0.379 e. The van der Waals surface area contributed by atoms with Crippen molar-refractivity contribution in [3.8, 4) is 5.75 Å². The van der Waals surface area contributed by atoms with E-state index in [2.05, 4.69) is 0 Å². The van der Waals surface area contributed by atoms with Gasteiger partial charge in [-0.05, 0) is 24.3 Å². The average Bonchev–Trinajstić information content (AvgIpc) is 2.78. The van der Waals surface area contributed by atoms with Crippen LogP contribution in [-0.2, 0) is 0 Å². The number of carbonyl (C=O) groups excluding carboxylic acids is 1. The molecule has 1 heterocycles. The number of carbonyl (C=O) groups is 1.